The third-order valence-corrected chi connectivity index (χ3v) is 5.36. The first-order valence-electron chi connectivity index (χ1n) is 9.90. The summed E-state index contributed by atoms with van der Waals surface area (Å²) >= 11 is 0. The minimum absolute atomic E-state index is 0.0225. The van der Waals surface area contributed by atoms with Crippen molar-refractivity contribution in [3.63, 3.8) is 0 Å². The van der Waals surface area contributed by atoms with Crippen molar-refractivity contribution < 1.29 is 24.3 Å². The van der Waals surface area contributed by atoms with Crippen LogP contribution in [0.3, 0.4) is 0 Å². The average molecular weight is 399 g/mol. The van der Waals surface area contributed by atoms with Crippen LogP contribution >= 0.6 is 0 Å². The van der Waals surface area contributed by atoms with Crippen LogP contribution in [-0.4, -0.2) is 64.4 Å². The fourth-order valence-electron chi connectivity index (χ4n) is 3.13. The van der Waals surface area contributed by atoms with Crippen molar-refractivity contribution in [3.05, 3.63) is 0 Å². The number of carboxylic acids is 1. The topological polar surface area (TPSA) is 142 Å². The van der Waals surface area contributed by atoms with Gasteiger partial charge in [0.25, 0.3) is 0 Å². The molecule has 9 nitrogen and oxygen atoms in total. The SMILES string of the molecule is CCC(C)C(N)C(=O)NC(C(=O)N1CCCC1C(=O)NC(C)C(=O)O)C(C)C. The number of carbonyl (C=O) groups is 4. The van der Waals surface area contributed by atoms with E-state index in [0.29, 0.717) is 19.4 Å². The van der Waals surface area contributed by atoms with E-state index in [1.165, 1.54) is 11.8 Å². The maximum atomic E-state index is 13.1. The number of rotatable bonds is 9. The molecule has 0 aromatic heterocycles. The smallest absolute Gasteiger partial charge is 0.325 e. The summed E-state index contributed by atoms with van der Waals surface area (Å²) in [5.74, 6) is -2.59. The van der Waals surface area contributed by atoms with E-state index in [4.69, 9.17) is 10.8 Å². The molecule has 9 heteroatoms. The molecule has 0 radical (unpaired) electrons. The molecule has 0 aliphatic carbocycles. The number of hydrogen-bond donors (Lipinski definition) is 4. The first kappa shape index (κ1) is 23.9. The number of nitrogens with zero attached hydrogens (tertiary/aromatic N) is 1. The predicted octanol–water partition coefficient (Wildman–Crippen LogP) is 0.0809. The van der Waals surface area contributed by atoms with Crippen molar-refractivity contribution in [2.75, 3.05) is 6.54 Å². The molecule has 1 fully saturated rings. The molecule has 1 rings (SSSR count). The number of nitrogens with one attached hydrogen (secondary N) is 2. The quantitative estimate of drug-likeness (QED) is 0.433. The zero-order valence-corrected chi connectivity index (χ0v) is 17.4. The first-order valence-corrected chi connectivity index (χ1v) is 9.90. The Bertz CT molecular complexity index is 595. The number of amides is 3. The predicted molar refractivity (Wildman–Crippen MR) is 104 cm³/mol. The van der Waals surface area contributed by atoms with Gasteiger partial charge in [-0.05, 0) is 31.6 Å². The molecular formula is C19H34N4O5. The molecule has 1 heterocycles. The molecule has 5 N–H and O–H groups in total. The second-order valence-electron chi connectivity index (χ2n) is 7.90. The van der Waals surface area contributed by atoms with Crippen LogP contribution in [0.4, 0.5) is 0 Å². The van der Waals surface area contributed by atoms with Crippen LogP contribution < -0.4 is 16.4 Å². The fourth-order valence-corrected chi connectivity index (χ4v) is 3.13. The summed E-state index contributed by atoms with van der Waals surface area (Å²) < 4.78 is 0. The number of aliphatic carboxylic acids is 1. The van der Waals surface area contributed by atoms with Gasteiger partial charge in [0, 0.05) is 6.54 Å². The van der Waals surface area contributed by atoms with Crippen LogP contribution in [0.25, 0.3) is 0 Å². The standard InChI is InChI=1S/C19H34N4O5/c1-6-11(4)14(20)17(25)22-15(10(2)3)18(26)23-9-7-8-13(23)16(24)21-12(5)19(27)28/h10-15H,6-9,20H2,1-5H3,(H,21,24)(H,22,25)(H,27,28). The number of hydrogen-bond acceptors (Lipinski definition) is 5. The van der Waals surface area contributed by atoms with Crippen LogP contribution in [0.5, 0.6) is 0 Å². The van der Waals surface area contributed by atoms with Gasteiger partial charge in [0.15, 0.2) is 0 Å². The van der Waals surface area contributed by atoms with Crippen molar-refractivity contribution in [1.29, 1.82) is 0 Å². The van der Waals surface area contributed by atoms with E-state index >= 15 is 0 Å². The summed E-state index contributed by atoms with van der Waals surface area (Å²) in [7, 11) is 0. The van der Waals surface area contributed by atoms with E-state index in [0.717, 1.165) is 6.42 Å². The van der Waals surface area contributed by atoms with Gasteiger partial charge in [-0.3, -0.25) is 19.2 Å². The Morgan fingerprint density at radius 3 is 2.25 bits per heavy atom. The summed E-state index contributed by atoms with van der Waals surface area (Å²) in [6.07, 6.45) is 1.83. The summed E-state index contributed by atoms with van der Waals surface area (Å²) in [6, 6.07) is -3.30. The van der Waals surface area contributed by atoms with Crippen molar-refractivity contribution in [2.45, 2.75) is 78.0 Å². The van der Waals surface area contributed by atoms with Crippen molar-refractivity contribution in [2.24, 2.45) is 17.6 Å². The molecule has 0 aromatic carbocycles. The lowest BCUT2D eigenvalue weighted by Crippen LogP contribution is -2.58. The zero-order valence-electron chi connectivity index (χ0n) is 17.4. The fraction of sp³-hybridized carbons (Fsp3) is 0.789. The van der Waals surface area contributed by atoms with Gasteiger partial charge < -0.3 is 26.4 Å². The molecule has 0 bridgehead atoms. The molecule has 1 aliphatic rings. The van der Waals surface area contributed by atoms with E-state index in [9.17, 15) is 19.2 Å². The number of carboxylic acid groups (broad SMARTS) is 1. The van der Waals surface area contributed by atoms with Gasteiger partial charge >= 0.3 is 5.97 Å². The molecular weight excluding hydrogens is 364 g/mol. The van der Waals surface area contributed by atoms with Gasteiger partial charge in [0.05, 0.1) is 6.04 Å². The van der Waals surface area contributed by atoms with Crippen LogP contribution in [-0.2, 0) is 19.2 Å². The molecule has 0 spiro atoms. The number of likely N-dealkylation sites (tertiary alicyclic amines) is 1. The van der Waals surface area contributed by atoms with Gasteiger partial charge in [-0.25, -0.2) is 0 Å². The summed E-state index contributed by atoms with van der Waals surface area (Å²) in [5, 5.41) is 14.1. The highest BCUT2D eigenvalue weighted by atomic mass is 16.4. The zero-order chi connectivity index (χ0) is 21.6. The van der Waals surface area contributed by atoms with E-state index in [1.807, 2.05) is 27.7 Å². The lowest BCUT2D eigenvalue weighted by atomic mass is 9.97. The largest absolute Gasteiger partial charge is 0.480 e. The minimum Gasteiger partial charge on any atom is -0.480 e. The normalized spacial score (nSPS) is 21.0. The maximum Gasteiger partial charge on any atom is 0.325 e. The van der Waals surface area contributed by atoms with Gasteiger partial charge in [-0.1, -0.05) is 34.1 Å². The Hall–Kier alpha value is -2.16. The first-order chi connectivity index (χ1) is 13.0. The van der Waals surface area contributed by atoms with Crippen LogP contribution in [0, 0.1) is 11.8 Å². The molecule has 0 saturated carbocycles. The van der Waals surface area contributed by atoms with Gasteiger partial charge in [-0.2, -0.15) is 0 Å². The minimum atomic E-state index is -1.14. The van der Waals surface area contributed by atoms with Crippen molar-refractivity contribution in [3.8, 4) is 0 Å². The molecule has 1 aliphatic heterocycles. The molecule has 0 aromatic rings. The van der Waals surface area contributed by atoms with Gasteiger partial charge in [-0.15, -0.1) is 0 Å². The highest BCUT2D eigenvalue weighted by Gasteiger charge is 2.39. The number of nitrogens with two attached hydrogens (primary N) is 1. The third kappa shape index (κ3) is 5.92. The summed E-state index contributed by atoms with van der Waals surface area (Å²) in [6.45, 7) is 9.20. The maximum absolute atomic E-state index is 13.1. The molecule has 5 unspecified atom stereocenters. The molecule has 5 atom stereocenters. The Kier molecular flexibility index (Phi) is 8.87. The van der Waals surface area contributed by atoms with Gasteiger partial charge in [0.1, 0.15) is 18.1 Å². The van der Waals surface area contributed by atoms with Gasteiger partial charge in [0.2, 0.25) is 17.7 Å². The Morgan fingerprint density at radius 1 is 1.14 bits per heavy atom. The van der Waals surface area contributed by atoms with Crippen LogP contribution in [0.15, 0.2) is 0 Å². The monoisotopic (exact) mass is 398 g/mol. The highest BCUT2D eigenvalue weighted by Crippen LogP contribution is 2.21. The van der Waals surface area contributed by atoms with Crippen molar-refractivity contribution >= 4 is 23.7 Å². The summed E-state index contributed by atoms with van der Waals surface area (Å²) in [5.41, 5.74) is 5.98. The average Bonchev–Trinajstić information content (AvgIpc) is 3.13. The van der Waals surface area contributed by atoms with Crippen molar-refractivity contribution in [1.82, 2.24) is 15.5 Å². The lowest BCUT2D eigenvalue weighted by molar-refractivity contribution is -0.145. The molecule has 28 heavy (non-hydrogen) atoms. The van der Waals surface area contributed by atoms with E-state index in [2.05, 4.69) is 10.6 Å². The van der Waals surface area contributed by atoms with E-state index < -0.39 is 36.0 Å². The molecule has 3 amide bonds. The van der Waals surface area contributed by atoms with Crippen LogP contribution in [0.2, 0.25) is 0 Å². The molecule has 1 saturated heterocycles. The molecule has 160 valence electrons. The highest BCUT2D eigenvalue weighted by molar-refractivity contribution is 5.94. The third-order valence-electron chi connectivity index (χ3n) is 5.36. The summed E-state index contributed by atoms with van der Waals surface area (Å²) in [4.78, 5) is 50.4. The van der Waals surface area contributed by atoms with Crippen LogP contribution in [0.1, 0.15) is 53.9 Å². The van der Waals surface area contributed by atoms with E-state index in [1.54, 1.807) is 0 Å². The Morgan fingerprint density at radius 2 is 1.75 bits per heavy atom. The second kappa shape index (κ2) is 10.4. The van der Waals surface area contributed by atoms with E-state index in [-0.39, 0.29) is 23.7 Å². The second-order valence-corrected chi connectivity index (χ2v) is 7.90. The lowest BCUT2D eigenvalue weighted by Gasteiger charge is -2.31. The Balaban J connectivity index is 2.89. The Labute approximate surface area is 166 Å². The number of carbonyl (C=O) groups excluding carboxylic acids is 3.